The second kappa shape index (κ2) is 6.40. The molecule has 2 heterocycles. The van der Waals surface area contributed by atoms with Crippen LogP contribution in [0.4, 0.5) is 0 Å². The number of carbonyl (C=O) groups excluding carboxylic acids is 1. The molecule has 0 spiro atoms. The van der Waals surface area contributed by atoms with Crippen LogP contribution in [0.3, 0.4) is 0 Å². The fourth-order valence-corrected chi connectivity index (χ4v) is 3.70. The Labute approximate surface area is 143 Å². The molecule has 1 aromatic heterocycles. The number of hydrogen-bond acceptors (Lipinski definition) is 3. The van der Waals surface area contributed by atoms with Crippen LogP contribution < -0.4 is 0 Å². The normalized spacial score (nSPS) is 17.4. The summed E-state index contributed by atoms with van der Waals surface area (Å²) < 4.78 is 5.75. The van der Waals surface area contributed by atoms with E-state index in [1.165, 1.54) is 0 Å². The summed E-state index contributed by atoms with van der Waals surface area (Å²) in [6, 6.07) is 10.1. The fraction of sp³-hybridized carbons (Fsp3) is 0.474. The monoisotopic (exact) mass is 327 g/mol. The molecular weight excluding hydrogens is 302 g/mol. The van der Waals surface area contributed by atoms with Crippen molar-refractivity contribution in [2.75, 3.05) is 20.2 Å². The lowest BCUT2D eigenvalue weighted by Gasteiger charge is -2.49. The third kappa shape index (κ3) is 2.84. The number of hydrogen-bond donors (Lipinski definition) is 1. The van der Waals surface area contributed by atoms with Gasteiger partial charge >= 0.3 is 0 Å². The minimum Gasteiger partial charge on any atom is -0.370 e. The van der Waals surface area contributed by atoms with Crippen molar-refractivity contribution in [3.05, 3.63) is 52.8 Å². The number of carbonyl (C=O) groups is 1. The smallest absolute Gasteiger partial charge is 0.223 e. The third-order valence-electron chi connectivity index (χ3n) is 5.09. The van der Waals surface area contributed by atoms with E-state index in [1.54, 1.807) is 7.11 Å². The van der Waals surface area contributed by atoms with Crippen molar-refractivity contribution >= 4 is 5.91 Å². The maximum absolute atomic E-state index is 12.6. The molecule has 1 aliphatic rings. The van der Waals surface area contributed by atoms with Gasteiger partial charge in [-0.25, -0.2) is 0 Å². The van der Waals surface area contributed by atoms with E-state index in [1.807, 2.05) is 36.9 Å². The molecule has 1 fully saturated rings. The first-order chi connectivity index (χ1) is 11.5. The Balaban J connectivity index is 1.64. The summed E-state index contributed by atoms with van der Waals surface area (Å²) in [5, 5.41) is 7.23. The molecule has 5 heteroatoms. The van der Waals surface area contributed by atoms with Crippen molar-refractivity contribution in [1.82, 2.24) is 15.1 Å². The number of rotatable bonds is 5. The number of nitrogens with zero attached hydrogens (tertiary/aromatic N) is 2. The summed E-state index contributed by atoms with van der Waals surface area (Å²) in [6.45, 7) is 7.30. The molecule has 1 unspecified atom stereocenters. The molecule has 1 aliphatic heterocycles. The van der Waals surface area contributed by atoms with Crippen LogP contribution in [-0.4, -0.2) is 41.2 Å². The number of ether oxygens (including phenoxy) is 1. The highest BCUT2D eigenvalue weighted by molar-refractivity contribution is 5.78. The van der Waals surface area contributed by atoms with E-state index < -0.39 is 0 Å². The summed E-state index contributed by atoms with van der Waals surface area (Å²) >= 11 is 0. The van der Waals surface area contributed by atoms with Crippen LogP contribution in [0.5, 0.6) is 0 Å². The molecule has 5 nitrogen and oxygen atoms in total. The van der Waals surface area contributed by atoms with Gasteiger partial charge in [0.1, 0.15) is 5.60 Å². The lowest BCUT2D eigenvalue weighted by Crippen LogP contribution is -2.62. The lowest BCUT2D eigenvalue weighted by atomic mass is 9.84. The van der Waals surface area contributed by atoms with Crippen LogP contribution in [0, 0.1) is 13.8 Å². The summed E-state index contributed by atoms with van der Waals surface area (Å²) in [4.78, 5) is 14.5. The molecule has 3 rings (SSSR count). The number of aromatic amines is 1. The second-order valence-electron chi connectivity index (χ2n) is 6.77. The van der Waals surface area contributed by atoms with E-state index in [0.717, 1.165) is 22.5 Å². The highest BCUT2D eigenvalue weighted by Crippen LogP contribution is 2.36. The van der Waals surface area contributed by atoms with Crippen molar-refractivity contribution in [3.63, 3.8) is 0 Å². The SMILES string of the molecule is COC1(c2ccccc2)CN(C(=O)CC(C)c2c(C)n[nH]c2C)C1. The Morgan fingerprint density at radius 3 is 2.54 bits per heavy atom. The van der Waals surface area contributed by atoms with Gasteiger partial charge in [-0.15, -0.1) is 0 Å². The van der Waals surface area contributed by atoms with E-state index >= 15 is 0 Å². The Bertz CT molecular complexity index is 698. The van der Waals surface area contributed by atoms with Crippen LogP contribution in [0.1, 0.15) is 41.8 Å². The summed E-state index contributed by atoms with van der Waals surface area (Å²) in [5.41, 5.74) is 3.96. The number of aryl methyl sites for hydroxylation is 2. The number of methoxy groups -OCH3 is 1. The molecule has 0 bridgehead atoms. The minimum atomic E-state index is -0.359. The predicted molar refractivity (Wildman–Crippen MR) is 92.8 cm³/mol. The van der Waals surface area contributed by atoms with Crippen LogP contribution in [0.15, 0.2) is 30.3 Å². The predicted octanol–water partition coefficient (Wildman–Crippen LogP) is 2.90. The molecule has 128 valence electrons. The lowest BCUT2D eigenvalue weighted by molar-refractivity contribution is -0.165. The van der Waals surface area contributed by atoms with E-state index in [-0.39, 0.29) is 17.4 Å². The molecule has 1 saturated heterocycles. The van der Waals surface area contributed by atoms with Gasteiger partial charge in [0.25, 0.3) is 0 Å². The van der Waals surface area contributed by atoms with E-state index in [9.17, 15) is 4.79 Å². The van der Waals surface area contributed by atoms with Gasteiger partial charge in [0.2, 0.25) is 5.91 Å². The van der Waals surface area contributed by atoms with Crippen molar-refractivity contribution in [2.45, 2.75) is 38.7 Å². The zero-order valence-corrected chi connectivity index (χ0v) is 14.8. The number of aromatic nitrogens is 2. The van der Waals surface area contributed by atoms with Crippen LogP contribution >= 0.6 is 0 Å². The van der Waals surface area contributed by atoms with Gasteiger partial charge in [0.15, 0.2) is 0 Å². The fourth-order valence-electron chi connectivity index (χ4n) is 3.70. The van der Waals surface area contributed by atoms with E-state index in [2.05, 4.69) is 29.3 Å². The van der Waals surface area contributed by atoms with E-state index in [4.69, 9.17) is 4.74 Å². The first-order valence-electron chi connectivity index (χ1n) is 8.37. The van der Waals surface area contributed by atoms with Gasteiger partial charge in [-0.2, -0.15) is 5.10 Å². The maximum atomic E-state index is 12.6. The van der Waals surface area contributed by atoms with Gasteiger partial charge in [-0.1, -0.05) is 37.3 Å². The Morgan fingerprint density at radius 1 is 1.33 bits per heavy atom. The van der Waals surface area contributed by atoms with Crippen LogP contribution in [-0.2, 0) is 15.1 Å². The third-order valence-corrected chi connectivity index (χ3v) is 5.09. The van der Waals surface area contributed by atoms with Crippen molar-refractivity contribution in [2.24, 2.45) is 0 Å². The summed E-state index contributed by atoms with van der Waals surface area (Å²) in [6.07, 6.45) is 0.496. The molecule has 24 heavy (non-hydrogen) atoms. The van der Waals surface area contributed by atoms with E-state index in [0.29, 0.717) is 19.5 Å². The average Bonchev–Trinajstić information content (AvgIpc) is 2.87. The highest BCUT2D eigenvalue weighted by Gasteiger charge is 2.46. The van der Waals surface area contributed by atoms with Gasteiger partial charge < -0.3 is 9.64 Å². The zero-order chi connectivity index (χ0) is 17.3. The van der Waals surface area contributed by atoms with Crippen molar-refractivity contribution in [3.8, 4) is 0 Å². The summed E-state index contributed by atoms with van der Waals surface area (Å²) in [5.74, 6) is 0.330. The minimum absolute atomic E-state index is 0.158. The molecule has 0 aliphatic carbocycles. The Morgan fingerprint density at radius 2 is 2.00 bits per heavy atom. The molecule has 1 N–H and O–H groups in total. The first-order valence-corrected chi connectivity index (χ1v) is 8.37. The molecular formula is C19H25N3O2. The molecule has 2 aromatic rings. The number of benzene rings is 1. The highest BCUT2D eigenvalue weighted by atomic mass is 16.5. The van der Waals surface area contributed by atoms with Gasteiger partial charge in [0, 0.05) is 19.2 Å². The largest absolute Gasteiger partial charge is 0.370 e. The van der Waals surface area contributed by atoms with Gasteiger partial charge in [0.05, 0.1) is 18.8 Å². The molecule has 1 atom stereocenters. The number of H-pyrrole nitrogens is 1. The zero-order valence-electron chi connectivity index (χ0n) is 14.8. The van der Waals surface area contributed by atoms with Crippen molar-refractivity contribution in [1.29, 1.82) is 0 Å². The second-order valence-corrected chi connectivity index (χ2v) is 6.77. The molecule has 1 aromatic carbocycles. The Kier molecular flexibility index (Phi) is 4.45. The Hall–Kier alpha value is -2.14. The number of likely N-dealkylation sites (tertiary alicyclic amines) is 1. The molecule has 0 saturated carbocycles. The molecule has 0 radical (unpaired) electrons. The molecule has 1 amide bonds. The van der Waals surface area contributed by atoms with Crippen LogP contribution in [0.2, 0.25) is 0 Å². The standard InChI is InChI=1S/C19H25N3O2/c1-13(18-14(2)20-21-15(18)3)10-17(23)22-11-19(12-22,24-4)16-8-6-5-7-9-16/h5-9,13H,10-12H2,1-4H3,(H,20,21). The van der Waals surface area contributed by atoms with Crippen LogP contribution in [0.25, 0.3) is 0 Å². The van der Waals surface area contributed by atoms with Crippen molar-refractivity contribution < 1.29 is 9.53 Å². The van der Waals surface area contributed by atoms with Gasteiger partial charge in [-0.3, -0.25) is 9.89 Å². The summed E-state index contributed by atoms with van der Waals surface area (Å²) in [7, 11) is 1.72. The average molecular weight is 327 g/mol. The number of amides is 1. The maximum Gasteiger partial charge on any atom is 0.223 e. The quantitative estimate of drug-likeness (QED) is 0.918. The number of nitrogens with one attached hydrogen (secondary N) is 1. The van der Waals surface area contributed by atoms with Gasteiger partial charge in [-0.05, 0) is 30.9 Å². The first kappa shape index (κ1) is 16.7. The topological polar surface area (TPSA) is 58.2 Å².